The van der Waals surface area contributed by atoms with Gasteiger partial charge in [0.25, 0.3) is 0 Å². The highest BCUT2D eigenvalue weighted by atomic mass is 16.3. The molecular weight excluding hydrogens is 240 g/mol. The van der Waals surface area contributed by atoms with Crippen LogP contribution < -0.4 is 10.2 Å². The Morgan fingerprint density at radius 3 is 2.53 bits per heavy atom. The van der Waals surface area contributed by atoms with Gasteiger partial charge in [-0.25, -0.2) is 0 Å². The van der Waals surface area contributed by atoms with Crippen LogP contribution in [0.25, 0.3) is 0 Å². The summed E-state index contributed by atoms with van der Waals surface area (Å²) in [4.78, 5) is 14.0. The third kappa shape index (κ3) is 3.47. The summed E-state index contributed by atoms with van der Waals surface area (Å²) < 4.78 is 0. The van der Waals surface area contributed by atoms with Crippen LogP contribution in [0.15, 0.2) is 30.3 Å². The topological polar surface area (TPSA) is 52.6 Å². The molecule has 4 heteroatoms. The fourth-order valence-corrected chi connectivity index (χ4v) is 2.70. The first-order valence-electron chi connectivity index (χ1n) is 6.83. The molecule has 0 unspecified atom stereocenters. The summed E-state index contributed by atoms with van der Waals surface area (Å²) in [6.07, 6.45) is 3.92. The van der Waals surface area contributed by atoms with E-state index >= 15 is 0 Å². The summed E-state index contributed by atoms with van der Waals surface area (Å²) in [6.45, 7) is 0.347. The molecule has 1 aromatic rings. The maximum Gasteiger partial charge on any atom is 0.240 e. The Hall–Kier alpha value is -1.55. The van der Waals surface area contributed by atoms with Gasteiger partial charge in [-0.3, -0.25) is 4.79 Å². The van der Waals surface area contributed by atoms with Gasteiger partial charge in [-0.1, -0.05) is 31.0 Å². The second kappa shape index (κ2) is 6.06. The molecule has 0 radical (unpaired) electrons. The summed E-state index contributed by atoms with van der Waals surface area (Å²) in [5, 5.41) is 12.5. The van der Waals surface area contributed by atoms with Crippen molar-refractivity contribution < 1.29 is 9.90 Å². The van der Waals surface area contributed by atoms with Crippen molar-refractivity contribution in [1.29, 1.82) is 0 Å². The van der Waals surface area contributed by atoms with Gasteiger partial charge in [0.05, 0.1) is 18.7 Å². The second-order valence-corrected chi connectivity index (χ2v) is 5.39. The molecular formula is C15H22N2O2. The van der Waals surface area contributed by atoms with Crippen LogP contribution in [0.2, 0.25) is 0 Å². The molecule has 104 valence electrons. The minimum atomic E-state index is -0.380. The van der Waals surface area contributed by atoms with Crippen LogP contribution in [0.1, 0.15) is 25.7 Å². The monoisotopic (exact) mass is 262 g/mol. The molecule has 1 amide bonds. The molecule has 0 saturated heterocycles. The first kappa shape index (κ1) is 13.9. The van der Waals surface area contributed by atoms with E-state index < -0.39 is 0 Å². The van der Waals surface area contributed by atoms with Crippen LogP contribution in [0, 0.1) is 0 Å². The quantitative estimate of drug-likeness (QED) is 0.846. The summed E-state index contributed by atoms with van der Waals surface area (Å²) in [5.74, 6) is -0.0256. The number of amides is 1. The fraction of sp³-hybridized carbons (Fsp3) is 0.533. The maximum absolute atomic E-state index is 12.1. The fourth-order valence-electron chi connectivity index (χ4n) is 2.70. The predicted molar refractivity (Wildman–Crippen MR) is 76.1 cm³/mol. The molecule has 0 spiro atoms. The van der Waals surface area contributed by atoms with Crippen molar-refractivity contribution in [3.8, 4) is 0 Å². The van der Waals surface area contributed by atoms with Gasteiger partial charge in [-0.05, 0) is 25.0 Å². The number of carbonyl (C=O) groups is 1. The first-order chi connectivity index (χ1) is 9.15. The van der Waals surface area contributed by atoms with E-state index in [4.69, 9.17) is 0 Å². The van der Waals surface area contributed by atoms with E-state index in [2.05, 4.69) is 5.32 Å². The van der Waals surface area contributed by atoms with Gasteiger partial charge >= 0.3 is 0 Å². The highest BCUT2D eigenvalue weighted by molar-refractivity contribution is 5.82. The molecule has 1 fully saturated rings. The number of rotatable bonds is 5. The minimum Gasteiger partial charge on any atom is -0.394 e. The zero-order valence-electron chi connectivity index (χ0n) is 11.4. The normalized spacial score (nSPS) is 17.2. The number of anilines is 1. The zero-order chi connectivity index (χ0) is 13.7. The van der Waals surface area contributed by atoms with Gasteiger partial charge in [0.2, 0.25) is 5.91 Å². The van der Waals surface area contributed by atoms with Gasteiger partial charge in [-0.15, -0.1) is 0 Å². The van der Waals surface area contributed by atoms with E-state index in [1.807, 2.05) is 42.3 Å². The Morgan fingerprint density at radius 1 is 1.32 bits per heavy atom. The lowest BCUT2D eigenvalue weighted by Gasteiger charge is -2.29. The van der Waals surface area contributed by atoms with Crippen molar-refractivity contribution in [2.75, 3.05) is 25.1 Å². The average molecular weight is 262 g/mol. The molecule has 2 rings (SSSR count). The Labute approximate surface area is 114 Å². The first-order valence-corrected chi connectivity index (χ1v) is 6.83. The lowest BCUT2D eigenvalue weighted by atomic mass is 9.99. The molecule has 0 heterocycles. The van der Waals surface area contributed by atoms with Gasteiger partial charge in [0, 0.05) is 12.7 Å². The van der Waals surface area contributed by atoms with Gasteiger partial charge in [-0.2, -0.15) is 0 Å². The van der Waals surface area contributed by atoms with Crippen LogP contribution in [0.3, 0.4) is 0 Å². The van der Waals surface area contributed by atoms with Gasteiger partial charge in [0.1, 0.15) is 0 Å². The van der Waals surface area contributed by atoms with Gasteiger partial charge in [0.15, 0.2) is 0 Å². The number of likely N-dealkylation sites (N-methyl/N-ethyl adjacent to an activating group) is 1. The molecule has 0 bridgehead atoms. The summed E-state index contributed by atoms with van der Waals surface area (Å²) in [6, 6.07) is 9.82. The third-order valence-electron chi connectivity index (χ3n) is 3.85. The molecule has 4 nitrogen and oxygen atoms in total. The van der Waals surface area contributed by atoms with E-state index in [-0.39, 0.29) is 18.1 Å². The lowest BCUT2D eigenvalue weighted by Crippen LogP contribution is -2.51. The molecule has 0 aromatic heterocycles. The van der Waals surface area contributed by atoms with Gasteiger partial charge < -0.3 is 15.3 Å². The highest BCUT2D eigenvalue weighted by Crippen LogP contribution is 2.29. The number of nitrogens with zero attached hydrogens (tertiary/aromatic N) is 1. The van der Waals surface area contributed by atoms with Crippen molar-refractivity contribution in [2.24, 2.45) is 0 Å². The number of aliphatic hydroxyl groups excluding tert-OH is 1. The van der Waals surface area contributed by atoms with Crippen LogP contribution in [-0.4, -0.2) is 36.8 Å². The lowest BCUT2D eigenvalue weighted by molar-refractivity contribution is -0.122. The third-order valence-corrected chi connectivity index (χ3v) is 3.85. The maximum atomic E-state index is 12.1. The van der Waals surface area contributed by atoms with E-state index in [0.29, 0.717) is 6.54 Å². The second-order valence-electron chi connectivity index (χ2n) is 5.39. The SMILES string of the molecule is CN(CC(=O)NC1(CO)CCCC1)c1ccccc1. The van der Waals surface area contributed by atoms with Crippen molar-refractivity contribution in [1.82, 2.24) is 5.32 Å². The largest absolute Gasteiger partial charge is 0.394 e. The number of para-hydroxylation sites is 1. The Kier molecular flexibility index (Phi) is 4.43. The smallest absolute Gasteiger partial charge is 0.240 e. The molecule has 1 saturated carbocycles. The Morgan fingerprint density at radius 2 is 1.95 bits per heavy atom. The van der Waals surface area contributed by atoms with E-state index in [0.717, 1.165) is 31.4 Å². The summed E-state index contributed by atoms with van der Waals surface area (Å²) >= 11 is 0. The molecule has 0 aliphatic heterocycles. The van der Waals surface area contributed by atoms with Crippen LogP contribution >= 0.6 is 0 Å². The number of carbonyl (C=O) groups excluding carboxylic acids is 1. The summed E-state index contributed by atoms with van der Waals surface area (Å²) in [5.41, 5.74) is 0.636. The average Bonchev–Trinajstić information content (AvgIpc) is 2.88. The minimum absolute atomic E-state index is 0.0256. The molecule has 1 aliphatic carbocycles. The predicted octanol–water partition coefficient (Wildman–Crippen LogP) is 1.54. The van der Waals surface area contributed by atoms with E-state index in [9.17, 15) is 9.90 Å². The number of benzene rings is 1. The van der Waals surface area contributed by atoms with Crippen molar-refractivity contribution in [3.63, 3.8) is 0 Å². The highest BCUT2D eigenvalue weighted by Gasteiger charge is 2.34. The number of hydrogen-bond donors (Lipinski definition) is 2. The van der Waals surface area contributed by atoms with Crippen molar-refractivity contribution in [3.05, 3.63) is 30.3 Å². The Bertz CT molecular complexity index is 413. The van der Waals surface area contributed by atoms with Crippen molar-refractivity contribution >= 4 is 11.6 Å². The molecule has 0 atom stereocenters. The van der Waals surface area contributed by atoms with E-state index in [1.165, 1.54) is 0 Å². The number of aliphatic hydroxyl groups is 1. The molecule has 2 N–H and O–H groups in total. The standard InChI is InChI=1S/C15H22N2O2/c1-17(13-7-3-2-4-8-13)11-14(19)16-15(12-18)9-5-6-10-15/h2-4,7-8,18H,5-6,9-12H2,1H3,(H,16,19). The van der Waals surface area contributed by atoms with Crippen molar-refractivity contribution in [2.45, 2.75) is 31.2 Å². The Balaban J connectivity index is 1.91. The summed E-state index contributed by atoms with van der Waals surface area (Å²) in [7, 11) is 1.90. The van der Waals surface area contributed by atoms with Crippen LogP contribution in [0.5, 0.6) is 0 Å². The molecule has 1 aliphatic rings. The molecule has 1 aromatic carbocycles. The van der Waals surface area contributed by atoms with Crippen LogP contribution in [0.4, 0.5) is 5.69 Å². The number of hydrogen-bond acceptors (Lipinski definition) is 3. The zero-order valence-corrected chi connectivity index (χ0v) is 11.4. The molecule has 19 heavy (non-hydrogen) atoms. The van der Waals surface area contributed by atoms with E-state index in [1.54, 1.807) is 0 Å². The van der Waals surface area contributed by atoms with Crippen LogP contribution in [-0.2, 0) is 4.79 Å². The number of nitrogens with one attached hydrogen (secondary N) is 1.